The summed E-state index contributed by atoms with van der Waals surface area (Å²) in [5.41, 5.74) is 0.935. The number of sulfonamides is 1. The minimum absolute atomic E-state index is 0.129. The number of hydrogen-bond donors (Lipinski definition) is 1. The topological polar surface area (TPSA) is 90.7 Å². The maximum Gasteiger partial charge on any atom is 0.263 e. The first-order valence-corrected chi connectivity index (χ1v) is 9.69. The Morgan fingerprint density at radius 2 is 1.92 bits per heavy atom. The van der Waals surface area contributed by atoms with Gasteiger partial charge in [0.25, 0.3) is 10.0 Å². The highest BCUT2D eigenvalue weighted by atomic mass is 32.2. The average Bonchev–Trinajstić information content (AvgIpc) is 3.25. The summed E-state index contributed by atoms with van der Waals surface area (Å²) < 4.78 is 44.4. The maximum atomic E-state index is 13.0. The number of thiophene rings is 1. The van der Waals surface area contributed by atoms with Crippen LogP contribution in [0, 0.1) is 13.8 Å². The monoisotopic (exact) mass is 378 g/mol. The summed E-state index contributed by atoms with van der Waals surface area (Å²) in [5, 5.41) is 3.68. The van der Waals surface area contributed by atoms with Gasteiger partial charge in [0.15, 0.2) is 17.3 Å². The van der Waals surface area contributed by atoms with Crippen molar-refractivity contribution in [2.24, 2.45) is 0 Å². The van der Waals surface area contributed by atoms with E-state index in [1.165, 1.54) is 17.5 Å². The molecule has 3 heterocycles. The third-order valence-corrected chi connectivity index (χ3v) is 6.48. The van der Waals surface area contributed by atoms with Crippen molar-refractivity contribution >= 4 is 27.0 Å². The Morgan fingerprint density at radius 3 is 2.68 bits per heavy atom. The molecule has 4 rings (SSSR count). The van der Waals surface area contributed by atoms with Gasteiger partial charge in [0.05, 0.1) is 17.4 Å². The number of ether oxygens (including phenoxy) is 2. The van der Waals surface area contributed by atoms with E-state index < -0.39 is 10.0 Å². The molecule has 1 aromatic carbocycles. The van der Waals surface area contributed by atoms with Crippen molar-refractivity contribution in [3.8, 4) is 22.8 Å². The summed E-state index contributed by atoms with van der Waals surface area (Å²) in [7, 11) is -3.82. The molecule has 0 saturated carbocycles. The highest BCUT2D eigenvalue weighted by Crippen LogP contribution is 2.40. The molecule has 0 atom stereocenters. The predicted octanol–water partition coefficient (Wildman–Crippen LogP) is 3.55. The summed E-state index contributed by atoms with van der Waals surface area (Å²) in [5.74, 6) is 1.52. The van der Waals surface area contributed by atoms with Gasteiger partial charge in [-0.1, -0.05) is 5.16 Å². The van der Waals surface area contributed by atoms with E-state index in [9.17, 15) is 8.42 Å². The van der Waals surface area contributed by atoms with Crippen molar-refractivity contribution in [2.75, 3.05) is 11.5 Å². The Balaban J connectivity index is 1.76. The predicted molar refractivity (Wildman–Crippen MR) is 92.7 cm³/mol. The van der Waals surface area contributed by atoms with Gasteiger partial charge in [0, 0.05) is 21.9 Å². The molecule has 3 aromatic rings. The van der Waals surface area contributed by atoms with Crippen LogP contribution in [0.4, 0.5) is 5.69 Å². The van der Waals surface area contributed by atoms with Gasteiger partial charge in [-0.3, -0.25) is 4.72 Å². The molecule has 0 amide bonds. The minimum Gasteiger partial charge on any atom is -0.454 e. The molecule has 1 aliphatic heterocycles. The number of benzene rings is 1. The second-order valence-electron chi connectivity index (χ2n) is 5.47. The molecule has 0 unspecified atom stereocenters. The molecule has 0 spiro atoms. The number of rotatable bonds is 4. The standard InChI is InChI=1S/C16H14N2O5S2/c1-9-15(13-5-6-17-23-13)16(10(2)24-9)25(19,20)18-11-3-4-12-14(7-11)22-8-21-12/h3-7,18H,8H2,1-2H3. The Hall–Kier alpha value is -2.52. The van der Waals surface area contributed by atoms with Crippen LogP contribution in [-0.4, -0.2) is 20.4 Å². The number of aryl methyl sites for hydroxylation is 2. The van der Waals surface area contributed by atoms with Crippen LogP contribution in [0.25, 0.3) is 11.3 Å². The highest BCUT2D eigenvalue weighted by Gasteiger charge is 2.28. The first-order chi connectivity index (χ1) is 12.0. The number of fused-ring (bicyclic) bond motifs is 1. The SMILES string of the molecule is Cc1sc(C)c(S(=O)(=O)Nc2ccc3c(c2)OCO3)c1-c1ccno1. The Labute approximate surface area is 148 Å². The molecule has 0 bridgehead atoms. The molecule has 2 aromatic heterocycles. The third kappa shape index (κ3) is 2.75. The number of nitrogens with one attached hydrogen (secondary N) is 1. The molecule has 1 N–H and O–H groups in total. The number of nitrogens with zero attached hydrogens (tertiary/aromatic N) is 1. The van der Waals surface area contributed by atoms with Gasteiger partial charge in [-0.25, -0.2) is 8.42 Å². The normalized spacial score (nSPS) is 13.2. The van der Waals surface area contributed by atoms with Crippen molar-refractivity contribution in [1.82, 2.24) is 5.16 Å². The van der Waals surface area contributed by atoms with Crippen molar-refractivity contribution in [3.63, 3.8) is 0 Å². The average molecular weight is 378 g/mol. The Bertz CT molecular complexity index is 1040. The van der Waals surface area contributed by atoms with E-state index in [0.717, 1.165) is 4.88 Å². The van der Waals surface area contributed by atoms with Gasteiger partial charge >= 0.3 is 0 Å². The van der Waals surface area contributed by atoms with Gasteiger partial charge < -0.3 is 14.0 Å². The highest BCUT2D eigenvalue weighted by molar-refractivity contribution is 7.93. The van der Waals surface area contributed by atoms with Crippen molar-refractivity contribution < 1.29 is 22.4 Å². The van der Waals surface area contributed by atoms with Crippen molar-refractivity contribution in [1.29, 1.82) is 0 Å². The van der Waals surface area contributed by atoms with E-state index in [1.54, 1.807) is 31.2 Å². The number of aromatic nitrogens is 1. The van der Waals surface area contributed by atoms with E-state index in [2.05, 4.69) is 9.88 Å². The molecule has 130 valence electrons. The minimum atomic E-state index is -3.82. The fourth-order valence-electron chi connectivity index (χ4n) is 2.78. The van der Waals surface area contributed by atoms with Crippen LogP contribution in [0.2, 0.25) is 0 Å². The fourth-order valence-corrected chi connectivity index (χ4v) is 5.70. The van der Waals surface area contributed by atoms with Crippen LogP contribution >= 0.6 is 11.3 Å². The second kappa shape index (κ2) is 5.78. The van der Waals surface area contributed by atoms with Crippen LogP contribution in [0.15, 0.2) is 39.9 Å². The molecular formula is C16H14N2O5S2. The smallest absolute Gasteiger partial charge is 0.263 e. The molecule has 0 radical (unpaired) electrons. The van der Waals surface area contributed by atoms with Gasteiger partial charge in [-0.15, -0.1) is 11.3 Å². The Kier molecular flexibility index (Phi) is 3.69. The van der Waals surface area contributed by atoms with E-state index in [4.69, 9.17) is 14.0 Å². The van der Waals surface area contributed by atoms with Gasteiger partial charge in [-0.05, 0) is 26.0 Å². The zero-order valence-electron chi connectivity index (χ0n) is 13.4. The summed E-state index contributed by atoms with van der Waals surface area (Å²) in [6.45, 7) is 3.75. The number of hydrogen-bond acceptors (Lipinski definition) is 7. The van der Waals surface area contributed by atoms with E-state index >= 15 is 0 Å². The first-order valence-electron chi connectivity index (χ1n) is 7.39. The summed E-state index contributed by atoms with van der Waals surface area (Å²) in [6.07, 6.45) is 1.49. The third-order valence-electron chi connectivity index (χ3n) is 3.78. The summed E-state index contributed by atoms with van der Waals surface area (Å²) >= 11 is 1.40. The molecule has 25 heavy (non-hydrogen) atoms. The lowest BCUT2D eigenvalue weighted by Gasteiger charge is -2.10. The molecule has 0 aliphatic carbocycles. The molecule has 7 nitrogen and oxygen atoms in total. The lowest BCUT2D eigenvalue weighted by atomic mass is 10.2. The zero-order valence-corrected chi connectivity index (χ0v) is 15.0. The van der Waals surface area contributed by atoms with Gasteiger partial charge in [0.1, 0.15) is 4.90 Å². The van der Waals surface area contributed by atoms with Crippen LogP contribution in [0.3, 0.4) is 0 Å². The lowest BCUT2D eigenvalue weighted by molar-refractivity contribution is 0.174. The van der Waals surface area contributed by atoms with E-state index in [0.29, 0.717) is 33.4 Å². The summed E-state index contributed by atoms with van der Waals surface area (Å²) in [6, 6.07) is 6.55. The molecule has 0 fully saturated rings. The van der Waals surface area contributed by atoms with E-state index in [1.807, 2.05) is 6.92 Å². The molecule has 9 heteroatoms. The van der Waals surface area contributed by atoms with Gasteiger partial charge in [0.2, 0.25) is 6.79 Å². The first kappa shape index (κ1) is 16.0. The van der Waals surface area contributed by atoms with E-state index in [-0.39, 0.29) is 11.7 Å². The quantitative estimate of drug-likeness (QED) is 0.747. The molecule has 1 aliphatic rings. The Morgan fingerprint density at radius 1 is 1.12 bits per heavy atom. The lowest BCUT2D eigenvalue weighted by Crippen LogP contribution is -2.14. The zero-order chi connectivity index (χ0) is 17.6. The van der Waals surface area contributed by atoms with Crippen molar-refractivity contribution in [2.45, 2.75) is 18.7 Å². The maximum absolute atomic E-state index is 13.0. The molecule has 0 saturated heterocycles. The molecular weight excluding hydrogens is 364 g/mol. The summed E-state index contributed by atoms with van der Waals surface area (Å²) in [4.78, 5) is 1.72. The van der Waals surface area contributed by atoms with Crippen LogP contribution in [0.1, 0.15) is 9.75 Å². The largest absolute Gasteiger partial charge is 0.454 e. The van der Waals surface area contributed by atoms with Crippen LogP contribution < -0.4 is 14.2 Å². The van der Waals surface area contributed by atoms with Crippen LogP contribution in [-0.2, 0) is 10.0 Å². The van der Waals surface area contributed by atoms with Crippen molar-refractivity contribution in [3.05, 3.63) is 40.2 Å². The second-order valence-corrected chi connectivity index (χ2v) is 8.52. The van der Waals surface area contributed by atoms with Crippen LogP contribution in [0.5, 0.6) is 11.5 Å². The number of anilines is 1. The fraction of sp³-hybridized carbons (Fsp3) is 0.188. The van der Waals surface area contributed by atoms with Gasteiger partial charge in [-0.2, -0.15) is 0 Å².